The molecule has 3 rings (SSSR count). The summed E-state index contributed by atoms with van der Waals surface area (Å²) in [5.41, 5.74) is 9.64. The predicted octanol–water partition coefficient (Wildman–Crippen LogP) is 3.50. The molecule has 0 unspecified atom stereocenters. The van der Waals surface area contributed by atoms with Gasteiger partial charge in [0.05, 0.1) is 36.7 Å². The summed E-state index contributed by atoms with van der Waals surface area (Å²) < 4.78 is 0. The minimum atomic E-state index is 0.666. The number of pyridine rings is 3. The van der Waals surface area contributed by atoms with Crippen molar-refractivity contribution in [2.75, 3.05) is 0 Å². The first-order chi connectivity index (χ1) is 12.6. The second-order valence-corrected chi connectivity index (χ2v) is 6.50. The highest BCUT2D eigenvalue weighted by atomic mass is 15.5. The van der Waals surface area contributed by atoms with Crippen LogP contribution in [0.3, 0.4) is 0 Å². The summed E-state index contributed by atoms with van der Waals surface area (Å²) in [6.45, 7) is 8.10. The van der Waals surface area contributed by atoms with Crippen LogP contribution in [0.25, 0.3) is 0 Å². The number of aromatic nitrogens is 3. The molecule has 0 aliphatic rings. The van der Waals surface area contributed by atoms with Crippen molar-refractivity contribution in [2.45, 2.75) is 40.4 Å². The Bertz CT molecular complexity index is 815. The first kappa shape index (κ1) is 18.2. The number of nitrogens with zero attached hydrogens (tertiary/aromatic N) is 4. The Labute approximate surface area is 155 Å². The molecule has 0 aromatic carbocycles. The van der Waals surface area contributed by atoms with Crippen molar-refractivity contribution in [3.63, 3.8) is 0 Å². The maximum absolute atomic E-state index is 4.62. The average Bonchev–Trinajstić information content (AvgIpc) is 2.60. The molecule has 5 heteroatoms. The van der Waals surface area contributed by atoms with Gasteiger partial charge in [0.15, 0.2) is 0 Å². The van der Waals surface area contributed by atoms with E-state index in [9.17, 15) is 0 Å². The van der Waals surface area contributed by atoms with Crippen LogP contribution in [0.4, 0.5) is 0 Å². The minimum Gasteiger partial charge on any atom is -0.257 e. The van der Waals surface area contributed by atoms with Crippen LogP contribution < -0.4 is 5.43 Å². The third-order valence-corrected chi connectivity index (χ3v) is 4.03. The van der Waals surface area contributed by atoms with Crippen molar-refractivity contribution < 1.29 is 0 Å². The van der Waals surface area contributed by atoms with Gasteiger partial charge in [-0.05, 0) is 57.2 Å². The van der Waals surface area contributed by atoms with Crippen molar-refractivity contribution >= 4 is 0 Å². The van der Waals surface area contributed by atoms with E-state index in [2.05, 4.69) is 37.5 Å². The number of rotatable bonds is 7. The highest BCUT2D eigenvalue weighted by molar-refractivity contribution is 5.12. The normalized spacial score (nSPS) is 11.1. The van der Waals surface area contributed by atoms with Crippen molar-refractivity contribution in [1.29, 1.82) is 0 Å². The second kappa shape index (κ2) is 8.65. The molecule has 0 saturated carbocycles. The Kier molecular flexibility index (Phi) is 6.04. The van der Waals surface area contributed by atoms with Gasteiger partial charge in [-0.15, -0.1) is 0 Å². The summed E-state index contributed by atoms with van der Waals surface area (Å²) in [5, 5.41) is 2.15. The fraction of sp³-hybridized carbons (Fsp3) is 0.286. The molecule has 26 heavy (non-hydrogen) atoms. The summed E-state index contributed by atoms with van der Waals surface area (Å²) in [6.07, 6.45) is 0. The van der Waals surface area contributed by atoms with Crippen LogP contribution in [0.15, 0.2) is 54.6 Å². The van der Waals surface area contributed by atoms with E-state index in [1.807, 2.05) is 63.2 Å². The van der Waals surface area contributed by atoms with E-state index in [1.165, 1.54) is 0 Å². The number of nitrogens with one attached hydrogen (secondary N) is 1. The fourth-order valence-corrected chi connectivity index (χ4v) is 2.82. The minimum absolute atomic E-state index is 0.666. The second-order valence-electron chi connectivity index (χ2n) is 6.50. The topological polar surface area (TPSA) is 53.9 Å². The monoisotopic (exact) mass is 347 g/mol. The maximum Gasteiger partial charge on any atom is 0.0561 e. The van der Waals surface area contributed by atoms with Crippen molar-refractivity contribution in [3.05, 3.63) is 88.8 Å². The fourth-order valence-electron chi connectivity index (χ4n) is 2.82. The molecule has 0 radical (unpaired) electrons. The molecule has 5 nitrogen and oxygen atoms in total. The summed E-state index contributed by atoms with van der Waals surface area (Å²) in [5.74, 6) is 0. The summed E-state index contributed by atoms with van der Waals surface area (Å²) >= 11 is 0. The molecule has 3 heterocycles. The third kappa shape index (κ3) is 5.44. The molecule has 0 amide bonds. The summed E-state index contributed by atoms with van der Waals surface area (Å²) in [4.78, 5) is 13.8. The molecule has 0 spiro atoms. The molecular formula is C21H25N5. The summed E-state index contributed by atoms with van der Waals surface area (Å²) in [6, 6.07) is 18.3. The van der Waals surface area contributed by atoms with Gasteiger partial charge in [0.1, 0.15) is 0 Å². The predicted molar refractivity (Wildman–Crippen MR) is 103 cm³/mol. The van der Waals surface area contributed by atoms with Crippen LogP contribution in [0.1, 0.15) is 34.2 Å². The zero-order valence-electron chi connectivity index (χ0n) is 15.6. The zero-order chi connectivity index (χ0) is 18.4. The molecule has 3 aromatic heterocycles. The first-order valence-corrected chi connectivity index (χ1v) is 8.84. The van der Waals surface area contributed by atoms with Gasteiger partial charge >= 0.3 is 0 Å². The lowest BCUT2D eigenvalue weighted by molar-refractivity contribution is 0.159. The third-order valence-electron chi connectivity index (χ3n) is 4.03. The van der Waals surface area contributed by atoms with Crippen LogP contribution in [0.2, 0.25) is 0 Å². The largest absolute Gasteiger partial charge is 0.257 e. The highest BCUT2D eigenvalue weighted by Gasteiger charge is 2.10. The van der Waals surface area contributed by atoms with Gasteiger partial charge in [-0.2, -0.15) is 0 Å². The number of hydrogen-bond acceptors (Lipinski definition) is 5. The Morgan fingerprint density at radius 1 is 0.654 bits per heavy atom. The van der Waals surface area contributed by atoms with Gasteiger partial charge in [0.2, 0.25) is 0 Å². The lowest BCUT2D eigenvalue weighted by atomic mass is 10.2. The molecule has 0 fully saturated rings. The van der Waals surface area contributed by atoms with E-state index >= 15 is 0 Å². The molecule has 134 valence electrons. The van der Waals surface area contributed by atoms with Gasteiger partial charge in [-0.3, -0.25) is 15.0 Å². The van der Waals surface area contributed by atoms with Crippen molar-refractivity contribution in [3.8, 4) is 0 Å². The van der Waals surface area contributed by atoms with Crippen LogP contribution >= 0.6 is 0 Å². The number of hydrazine groups is 1. The lowest BCUT2D eigenvalue weighted by Gasteiger charge is -2.23. The Hall–Kier alpha value is -2.63. The first-order valence-electron chi connectivity index (χ1n) is 8.84. The van der Waals surface area contributed by atoms with Gasteiger partial charge in [-0.1, -0.05) is 18.2 Å². The van der Waals surface area contributed by atoms with Crippen molar-refractivity contribution in [2.24, 2.45) is 0 Å². The van der Waals surface area contributed by atoms with E-state index < -0.39 is 0 Å². The van der Waals surface area contributed by atoms with Crippen LogP contribution in [-0.4, -0.2) is 20.0 Å². The molecule has 0 bridgehead atoms. The quantitative estimate of drug-likeness (QED) is 0.663. The van der Waals surface area contributed by atoms with E-state index in [-0.39, 0.29) is 0 Å². The van der Waals surface area contributed by atoms with E-state index in [4.69, 9.17) is 0 Å². The maximum atomic E-state index is 4.62. The SMILES string of the molecule is Cc1cccc(CNN(Cc2cccc(C)n2)Cc2cccc(C)n2)n1. The molecular weight excluding hydrogens is 322 g/mol. The van der Waals surface area contributed by atoms with Gasteiger partial charge in [0, 0.05) is 17.1 Å². The Morgan fingerprint density at radius 2 is 1.08 bits per heavy atom. The van der Waals surface area contributed by atoms with Crippen LogP contribution in [0.5, 0.6) is 0 Å². The summed E-state index contributed by atoms with van der Waals surface area (Å²) in [7, 11) is 0. The number of aryl methyl sites for hydroxylation is 3. The zero-order valence-corrected chi connectivity index (χ0v) is 15.6. The highest BCUT2D eigenvalue weighted by Crippen LogP contribution is 2.08. The molecule has 0 aliphatic heterocycles. The Morgan fingerprint density at radius 3 is 1.54 bits per heavy atom. The van der Waals surface area contributed by atoms with Gasteiger partial charge in [-0.25, -0.2) is 10.4 Å². The molecule has 1 N–H and O–H groups in total. The standard InChI is InChI=1S/C21H25N5/c1-16-7-4-10-19(23-16)13-22-26(14-20-11-5-8-17(2)24-20)15-21-12-6-9-18(3)25-21/h4-12,22H,13-15H2,1-3H3. The molecule has 0 aliphatic carbocycles. The molecule has 3 aromatic rings. The van der Waals surface area contributed by atoms with Crippen LogP contribution in [-0.2, 0) is 19.6 Å². The van der Waals surface area contributed by atoms with Gasteiger partial charge in [0.25, 0.3) is 0 Å². The van der Waals surface area contributed by atoms with Gasteiger partial charge < -0.3 is 0 Å². The average molecular weight is 347 g/mol. The van der Waals surface area contributed by atoms with E-state index in [1.54, 1.807) is 0 Å². The van der Waals surface area contributed by atoms with Crippen LogP contribution in [0, 0.1) is 20.8 Å². The number of hydrogen-bond donors (Lipinski definition) is 1. The molecule has 0 atom stereocenters. The molecule has 0 saturated heterocycles. The lowest BCUT2D eigenvalue weighted by Crippen LogP contribution is -2.37. The van der Waals surface area contributed by atoms with E-state index in [0.29, 0.717) is 19.6 Å². The smallest absolute Gasteiger partial charge is 0.0561 e. The van der Waals surface area contributed by atoms with E-state index in [0.717, 1.165) is 34.2 Å². The Balaban J connectivity index is 1.73. The van der Waals surface area contributed by atoms with Crippen molar-refractivity contribution in [1.82, 2.24) is 25.4 Å².